The minimum absolute atomic E-state index is 0.131. The number of esters is 2. The van der Waals surface area contributed by atoms with Crippen LogP contribution < -0.4 is 5.32 Å². The van der Waals surface area contributed by atoms with Crippen LogP contribution >= 0.6 is 0 Å². The summed E-state index contributed by atoms with van der Waals surface area (Å²) in [5, 5.41) is 2.47. The van der Waals surface area contributed by atoms with Gasteiger partial charge in [-0.1, -0.05) is 18.2 Å². The molecule has 0 fully saturated rings. The van der Waals surface area contributed by atoms with Crippen molar-refractivity contribution in [1.29, 1.82) is 0 Å². The highest BCUT2D eigenvalue weighted by Crippen LogP contribution is 2.11. The standard InChI is InChI=1S/C16H21NO7S/c1-23-15(19)8-5-10-17-14(18)12-24-16(20)9-11-25(21,22)13-6-3-2-4-7-13/h2-4,6-7H,5,8-12H2,1H3,(H,17,18). The second-order valence-corrected chi connectivity index (χ2v) is 7.18. The largest absolute Gasteiger partial charge is 0.469 e. The van der Waals surface area contributed by atoms with Crippen LogP contribution in [-0.2, 0) is 33.7 Å². The van der Waals surface area contributed by atoms with Gasteiger partial charge in [0.2, 0.25) is 0 Å². The van der Waals surface area contributed by atoms with Gasteiger partial charge < -0.3 is 14.8 Å². The van der Waals surface area contributed by atoms with Crippen molar-refractivity contribution in [2.45, 2.75) is 24.2 Å². The van der Waals surface area contributed by atoms with Crippen molar-refractivity contribution in [3.8, 4) is 0 Å². The van der Waals surface area contributed by atoms with E-state index in [-0.39, 0.29) is 30.3 Å². The molecule has 0 bridgehead atoms. The number of carbonyl (C=O) groups excluding carboxylic acids is 3. The quantitative estimate of drug-likeness (QED) is 0.469. The molecule has 0 heterocycles. The molecule has 9 heteroatoms. The number of methoxy groups -OCH3 is 1. The summed E-state index contributed by atoms with van der Waals surface area (Å²) in [6, 6.07) is 7.77. The molecule has 0 unspecified atom stereocenters. The van der Waals surface area contributed by atoms with Gasteiger partial charge in [0.05, 0.1) is 24.2 Å². The van der Waals surface area contributed by atoms with E-state index >= 15 is 0 Å². The molecule has 0 spiro atoms. The van der Waals surface area contributed by atoms with Crippen LogP contribution in [0.5, 0.6) is 0 Å². The lowest BCUT2D eigenvalue weighted by molar-refractivity contribution is -0.148. The number of sulfone groups is 1. The molecule has 0 aliphatic rings. The first-order valence-electron chi connectivity index (χ1n) is 7.62. The molecule has 138 valence electrons. The molecule has 0 aliphatic heterocycles. The third-order valence-corrected chi connectivity index (χ3v) is 4.88. The van der Waals surface area contributed by atoms with Gasteiger partial charge in [0.25, 0.3) is 5.91 Å². The minimum Gasteiger partial charge on any atom is -0.469 e. The number of benzene rings is 1. The maximum atomic E-state index is 12.0. The monoisotopic (exact) mass is 371 g/mol. The van der Waals surface area contributed by atoms with Gasteiger partial charge in [-0.2, -0.15) is 0 Å². The van der Waals surface area contributed by atoms with Crippen molar-refractivity contribution in [2.75, 3.05) is 26.0 Å². The summed E-state index contributed by atoms with van der Waals surface area (Å²) in [7, 11) is -2.29. The van der Waals surface area contributed by atoms with Crippen LogP contribution in [0, 0.1) is 0 Å². The van der Waals surface area contributed by atoms with Crippen molar-refractivity contribution >= 4 is 27.7 Å². The molecule has 1 aromatic carbocycles. The fourth-order valence-electron chi connectivity index (χ4n) is 1.80. The zero-order valence-corrected chi connectivity index (χ0v) is 14.7. The van der Waals surface area contributed by atoms with Crippen molar-refractivity contribution in [3.63, 3.8) is 0 Å². The number of amides is 1. The third kappa shape index (κ3) is 8.30. The Kier molecular flexibility index (Phi) is 8.62. The van der Waals surface area contributed by atoms with Gasteiger partial charge in [0, 0.05) is 13.0 Å². The Morgan fingerprint density at radius 2 is 1.72 bits per heavy atom. The highest BCUT2D eigenvalue weighted by atomic mass is 32.2. The van der Waals surface area contributed by atoms with E-state index in [2.05, 4.69) is 10.1 Å². The lowest BCUT2D eigenvalue weighted by Crippen LogP contribution is -2.30. The molecule has 0 aromatic heterocycles. The molecule has 1 rings (SSSR count). The summed E-state index contributed by atoms with van der Waals surface area (Å²) in [4.78, 5) is 34.0. The average molecular weight is 371 g/mol. The van der Waals surface area contributed by atoms with E-state index in [1.54, 1.807) is 18.2 Å². The SMILES string of the molecule is COC(=O)CCCNC(=O)COC(=O)CCS(=O)(=O)c1ccccc1. The topological polar surface area (TPSA) is 116 Å². The van der Waals surface area contributed by atoms with E-state index < -0.39 is 34.1 Å². The van der Waals surface area contributed by atoms with Gasteiger partial charge in [-0.3, -0.25) is 14.4 Å². The van der Waals surface area contributed by atoms with Gasteiger partial charge in [-0.25, -0.2) is 8.42 Å². The highest BCUT2D eigenvalue weighted by molar-refractivity contribution is 7.91. The summed E-state index contributed by atoms with van der Waals surface area (Å²) in [6.07, 6.45) is 0.239. The van der Waals surface area contributed by atoms with Crippen LogP contribution in [0.4, 0.5) is 0 Å². The van der Waals surface area contributed by atoms with E-state index in [0.717, 1.165) is 0 Å². The van der Waals surface area contributed by atoms with E-state index in [4.69, 9.17) is 4.74 Å². The summed E-state index contributed by atoms with van der Waals surface area (Å²) in [6.45, 7) is -0.254. The first kappa shape index (κ1) is 20.6. The van der Waals surface area contributed by atoms with Crippen LogP contribution in [0.15, 0.2) is 35.2 Å². The van der Waals surface area contributed by atoms with Crippen molar-refractivity contribution in [1.82, 2.24) is 5.32 Å². The second-order valence-electron chi connectivity index (χ2n) is 5.07. The Morgan fingerprint density at radius 1 is 1.04 bits per heavy atom. The number of nitrogens with one attached hydrogen (secondary N) is 1. The molecule has 0 aliphatic carbocycles. The maximum absolute atomic E-state index is 12.0. The molecule has 0 saturated heterocycles. The fraction of sp³-hybridized carbons (Fsp3) is 0.438. The van der Waals surface area contributed by atoms with Gasteiger partial charge in [-0.05, 0) is 18.6 Å². The third-order valence-electron chi connectivity index (χ3n) is 3.15. The predicted molar refractivity (Wildman–Crippen MR) is 88.3 cm³/mol. The Morgan fingerprint density at radius 3 is 2.36 bits per heavy atom. The molecule has 0 saturated carbocycles. The molecule has 8 nitrogen and oxygen atoms in total. The molecular formula is C16H21NO7S. The first-order valence-corrected chi connectivity index (χ1v) is 9.27. The smallest absolute Gasteiger partial charge is 0.307 e. The second kappa shape index (κ2) is 10.4. The Balaban J connectivity index is 2.24. The van der Waals surface area contributed by atoms with Gasteiger partial charge in [0.1, 0.15) is 0 Å². The summed E-state index contributed by atoms with van der Waals surface area (Å²) < 4.78 is 33.2. The maximum Gasteiger partial charge on any atom is 0.307 e. The number of ether oxygens (including phenoxy) is 2. The molecule has 25 heavy (non-hydrogen) atoms. The molecule has 0 radical (unpaired) electrons. The molecular weight excluding hydrogens is 350 g/mol. The number of hydrogen-bond acceptors (Lipinski definition) is 7. The lowest BCUT2D eigenvalue weighted by Gasteiger charge is -2.07. The minimum atomic E-state index is -3.57. The van der Waals surface area contributed by atoms with Crippen LogP contribution in [0.2, 0.25) is 0 Å². The highest BCUT2D eigenvalue weighted by Gasteiger charge is 2.17. The van der Waals surface area contributed by atoms with E-state index in [1.807, 2.05) is 0 Å². The van der Waals surface area contributed by atoms with Crippen LogP contribution in [0.25, 0.3) is 0 Å². The van der Waals surface area contributed by atoms with Crippen LogP contribution in [0.1, 0.15) is 19.3 Å². The van der Waals surface area contributed by atoms with E-state index in [1.165, 1.54) is 19.2 Å². The Bertz CT molecular complexity index is 686. The van der Waals surface area contributed by atoms with E-state index in [9.17, 15) is 22.8 Å². The van der Waals surface area contributed by atoms with Gasteiger partial charge in [-0.15, -0.1) is 0 Å². The number of carbonyl (C=O) groups is 3. The van der Waals surface area contributed by atoms with Crippen LogP contribution in [0.3, 0.4) is 0 Å². The van der Waals surface area contributed by atoms with Crippen molar-refractivity contribution in [2.24, 2.45) is 0 Å². The van der Waals surface area contributed by atoms with Crippen molar-refractivity contribution < 1.29 is 32.3 Å². The van der Waals surface area contributed by atoms with Crippen LogP contribution in [-0.4, -0.2) is 52.3 Å². The number of hydrogen-bond donors (Lipinski definition) is 1. The Labute approximate surface area is 146 Å². The van der Waals surface area contributed by atoms with Crippen molar-refractivity contribution in [3.05, 3.63) is 30.3 Å². The molecule has 0 atom stereocenters. The fourth-order valence-corrected chi connectivity index (χ4v) is 3.04. The summed E-state index contributed by atoms with van der Waals surface area (Å²) in [5.74, 6) is -2.06. The zero-order chi connectivity index (χ0) is 18.7. The average Bonchev–Trinajstić information content (AvgIpc) is 2.62. The molecule has 1 N–H and O–H groups in total. The normalized spacial score (nSPS) is 10.8. The van der Waals surface area contributed by atoms with Gasteiger partial charge in [0.15, 0.2) is 16.4 Å². The predicted octanol–water partition coefficient (Wildman–Crippen LogP) is 0.463. The number of rotatable bonds is 10. The molecule has 1 amide bonds. The van der Waals surface area contributed by atoms with E-state index in [0.29, 0.717) is 6.42 Å². The molecule has 1 aromatic rings. The summed E-state index contributed by atoms with van der Waals surface area (Å²) in [5.41, 5.74) is 0. The Hall–Kier alpha value is -2.42. The zero-order valence-electron chi connectivity index (χ0n) is 13.9. The first-order chi connectivity index (χ1) is 11.8. The van der Waals surface area contributed by atoms with Gasteiger partial charge >= 0.3 is 11.9 Å². The lowest BCUT2D eigenvalue weighted by atomic mass is 10.3. The summed E-state index contributed by atoms with van der Waals surface area (Å²) >= 11 is 0.